The number of benzene rings is 1. The van der Waals surface area contributed by atoms with Crippen LogP contribution in [-0.2, 0) is 0 Å². The van der Waals surface area contributed by atoms with Crippen molar-refractivity contribution in [3.8, 4) is 0 Å². The first-order valence-electron chi connectivity index (χ1n) is 9.39. The number of nitrogens with zero attached hydrogens (tertiary/aromatic N) is 3. The lowest BCUT2D eigenvalue weighted by molar-refractivity contribution is 0.756. The molecule has 6 heteroatoms. The minimum atomic E-state index is 0.577. The van der Waals surface area contributed by atoms with E-state index in [9.17, 15) is 0 Å². The smallest absolute Gasteiger partial charge is 0.165 e. The maximum Gasteiger partial charge on any atom is 0.165 e. The Bertz CT molecular complexity index is 974. The minimum absolute atomic E-state index is 0.577. The maximum atomic E-state index is 6.00. The number of nitrogen functional groups attached to an aromatic ring is 1. The average molecular weight is 394 g/mol. The number of aryl methyl sites for hydroxylation is 2. The molecule has 0 aliphatic carbocycles. The first-order valence-corrected chi connectivity index (χ1v) is 10.5. The van der Waals surface area contributed by atoms with Crippen LogP contribution in [0, 0.1) is 13.8 Å². The molecule has 0 atom stereocenters. The molecule has 28 heavy (non-hydrogen) atoms. The molecular weight excluding hydrogens is 366 g/mol. The van der Waals surface area contributed by atoms with Crippen LogP contribution in [0.25, 0.3) is 17.3 Å². The van der Waals surface area contributed by atoms with Gasteiger partial charge in [-0.05, 0) is 36.6 Å². The average Bonchev–Trinajstić information content (AvgIpc) is 3.13. The molecule has 0 unspecified atom stereocenters. The van der Waals surface area contributed by atoms with Gasteiger partial charge in [-0.3, -0.25) is 0 Å². The zero-order valence-electron chi connectivity index (χ0n) is 16.5. The van der Waals surface area contributed by atoms with E-state index in [1.807, 2.05) is 43.0 Å². The first-order chi connectivity index (χ1) is 13.6. The van der Waals surface area contributed by atoms with Gasteiger partial charge >= 0.3 is 0 Å². The molecule has 1 fully saturated rings. The highest BCUT2D eigenvalue weighted by molar-refractivity contribution is 7.99. The van der Waals surface area contributed by atoms with Crippen LogP contribution in [0.1, 0.15) is 22.4 Å². The second kappa shape index (κ2) is 9.57. The highest BCUT2D eigenvalue weighted by Crippen LogP contribution is 2.25. The minimum Gasteiger partial charge on any atom is -0.384 e. The summed E-state index contributed by atoms with van der Waals surface area (Å²) in [6.07, 6.45) is 5.70. The molecule has 0 amide bonds. The van der Waals surface area contributed by atoms with Crippen molar-refractivity contribution >= 4 is 34.9 Å². The number of hydrogen-bond donors (Lipinski definition) is 2. The predicted molar refractivity (Wildman–Crippen MR) is 122 cm³/mol. The third-order valence-electron chi connectivity index (χ3n) is 4.50. The summed E-state index contributed by atoms with van der Waals surface area (Å²) in [6, 6.07) is 10.0. The summed E-state index contributed by atoms with van der Waals surface area (Å²) in [5.74, 6) is 3.19. The number of rotatable bonds is 3. The summed E-state index contributed by atoms with van der Waals surface area (Å²) in [5.41, 5.74) is 11.9. The van der Waals surface area contributed by atoms with E-state index < -0.39 is 0 Å². The van der Waals surface area contributed by atoms with Gasteiger partial charge in [0.25, 0.3) is 0 Å². The predicted octanol–water partition coefficient (Wildman–Crippen LogP) is 3.98. The molecule has 1 saturated heterocycles. The lowest BCUT2D eigenvalue weighted by atomic mass is 10.0. The van der Waals surface area contributed by atoms with Gasteiger partial charge in [0.1, 0.15) is 5.82 Å². The van der Waals surface area contributed by atoms with E-state index in [4.69, 9.17) is 5.73 Å². The van der Waals surface area contributed by atoms with E-state index in [1.165, 1.54) is 30.2 Å². The Balaban J connectivity index is 0.000000320. The second-order valence-corrected chi connectivity index (χ2v) is 7.86. The Morgan fingerprint density at radius 3 is 2.61 bits per heavy atom. The molecule has 4 rings (SSSR count). The van der Waals surface area contributed by atoms with Gasteiger partial charge in [0.05, 0.1) is 6.20 Å². The van der Waals surface area contributed by atoms with Gasteiger partial charge in [-0.15, -0.1) is 0 Å². The van der Waals surface area contributed by atoms with E-state index in [1.54, 1.807) is 10.7 Å². The van der Waals surface area contributed by atoms with E-state index >= 15 is 0 Å². The first kappa shape index (κ1) is 20.2. The summed E-state index contributed by atoms with van der Waals surface area (Å²) in [5, 5.41) is 7.60. The van der Waals surface area contributed by atoms with Crippen LogP contribution in [0.3, 0.4) is 0 Å². The van der Waals surface area contributed by atoms with Gasteiger partial charge in [0.15, 0.2) is 5.65 Å². The van der Waals surface area contributed by atoms with Gasteiger partial charge in [-0.2, -0.15) is 21.4 Å². The van der Waals surface area contributed by atoms with Gasteiger partial charge in [-0.25, -0.2) is 4.98 Å². The molecule has 3 aromatic rings. The fourth-order valence-electron chi connectivity index (χ4n) is 3.00. The van der Waals surface area contributed by atoms with Crippen molar-refractivity contribution in [2.24, 2.45) is 0 Å². The Hall–Kier alpha value is -2.57. The van der Waals surface area contributed by atoms with E-state index in [0.29, 0.717) is 5.82 Å². The second-order valence-electron chi connectivity index (χ2n) is 6.64. The number of nitrogens with one attached hydrogen (secondary N) is 1. The normalized spacial score (nSPS) is 14.4. The van der Waals surface area contributed by atoms with Crippen molar-refractivity contribution in [3.63, 3.8) is 0 Å². The summed E-state index contributed by atoms with van der Waals surface area (Å²) in [7, 11) is 0. The van der Waals surface area contributed by atoms with Gasteiger partial charge < -0.3 is 11.1 Å². The molecule has 3 N–H and O–H groups in total. The van der Waals surface area contributed by atoms with Crippen LogP contribution in [0.15, 0.2) is 49.2 Å². The van der Waals surface area contributed by atoms with Crippen LogP contribution < -0.4 is 11.1 Å². The van der Waals surface area contributed by atoms with Crippen LogP contribution in [0.4, 0.5) is 5.82 Å². The Labute approximate surface area is 170 Å². The molecule has 146 valence electrons. The number of nitrogens with two attached hydrogens (primary N) is 1. The molecule has 3 heterocycles. The van der Waals surface area contributed by atoms with E-state index in [0.717, 1.165) is 28.0 Å². The summed E-state index contributed by atoms with van der Waals surface area (Å²) in [6.45, 7) is 10.4. The quantitative estimate of drug-likeness (QED) is 0.659. The van der Waals surface area contributed by atoms with Crippen molar-refractivity contribution in [3.05, 3.63) is 71.6 Å². The summed E-state index contributed by atoms with van der Waals surface area (Å²) >= 11 is 2.03. The standard InChI is InChI=1S/C18H18N4.C4H9NS/c1-4-14(10-15-8-6-5-7-12(15)2)16-11-20-22-17(19)9-13(3)21-18(16)22;1-3-6-4-2-5-1/h4-11H,1,19H2,2-3H3;5H,1-4H2/b14-10+;. The molecule has 5 nitrogen and oxygen atoms in total. The molecule has 2 aromatic heterocycles. The number of fused-ring (bicyclic) bond motifs is 1. The van der Waals surface area contributed by atoms with Crippen LogP contribution in [0.2, 0.25) is 0 Å². The summed E-state index contributed by atoms with van der Waals surface area (Å²) < 4.78 is 1.65. The number of hydrogen-bond acceptors (Lipinski definition) is 5. The van der Waals surface area contributed by atoms with Crippen LogP contribution in [0.5, 0.6) is 0 Å². The molecular formula is C22H27N5S. The maximum absolute atomic E-state index is 6.00. The molecule has 1 aliphatic rings. The van der Waals surface area contributed by atoms with E-state index in [-0.39, 0.29) is 0 Å². The van der Waals surface area contributed by atoms with Gasteiger partial charge in [0.2, 0.25) is 0 Å². The van der Waals surface area contributed by atoms with Crippen molar-refractivity contribution in [2.45, 2.75) is 13.8 Å². The zero-order valence-corrected chi connectivity index (χ0v) is 17.3. The topological polar surface area (TPSA) is 68.2 Å². The number of thioether (sulfide) groups is 1. The lowest BCUT2D eigenvalue weighted by Gasteiger charge is -2.08. The fraction of sp³-hybridized carbons (Fsp3) is 0.273. The Morgan fingerprint density at radius 2 is 2.00 bits per heavy atom. The third kappa shape index (κ3) is 4.82. The van der Waals surface area contributed by atoms with Gasteiger partial charge in [-0.1, -0.05) is 36.9 Å². The van der Waals surface area contributed by atoms with Crippen molar-refractivity contribution in [1.82, 2.24) is 19.9 Å². The monoisotopic (exact) mass is 393 g/mol. The van der Waals surface area contributed by atoms with Crippen LogP contribution in [-0.4, -0.2) is 39.2 Å². The van der Waals surface area contributed by atoms with Gasteiger partial charge in [0, 0.05) is 41.9 Å². The molecule has 1 aromatic carbocycles. The third-order valence-corrected chi connectivity index (χ3v) is 5.49. The number of aromatic nitrogens is 3. The van der Waals surface area contributed by atoms with Crippen molar-refractivity contribution < 1.29 is 0 Å². The largest absolute Gasteiger partial charge is 0.384 e. The highest BCUT2D eigenvalue weighted by Gasteiger charge is 2.11. The van der Waals surface area contributed by atoms with E-state index in [2.05, 4.69) is 47.1 Å². The zero-order chi connectivity index (χ0) is 19.9. The number of allylic oxidation sites excluding steroid dienone is 2. The van der Waals surface area contributed by atoms with Crippen LogP contribution >= 0.6 is 11.8 Å². The highest BCUT2D eigenvalue weighted by atomic mass is 32.2. The molecule has 0 saturated carbocycles. The SMILES string of the molecule is C1CSCCN1.C=C/C(=C\c1ccccc1C)c1cnn2c(N)cc(C)nc12. The number of anilines is 1. The molecule has 0 radical (unpaired) electrons. The van der Waals surface area contributed by atoms with Crippen molar-refractivity contribution in [1.29, 1.82) is 0 Å². The molecule has 0 spiro atoms. The molecule has 1 aliphatic heterocycles. The Kier molecular flexibility index (Phi) is 6.90. The van der Waals surface area contributed by atoms with Crippen molar-refractivity contribution in [2.75, 3.05) is 30.3 Å². The fourth-order valence-corrected chi connectivity index (χ4v) is 3.78. The molecule has 0 bridgehead atoms. The Morgan fingerprint density at radius 1 is 1.25 bits per heavy atom. The summed E-state index contributed by atoms with van der Waals surface area (Å²) in [4.78, 5) is 4.56. The lowest BCUT2D eigenvalue weighted by Crippen LogP contribution is -2.24.